The van der Waals surface area contributed by atoms with Gasteiger partial charge in [0.1, 0.15) is 6.54 Å². The van der Waals surface area contributed by atoms with Crippen molar-refractivity contribution in [2.75, 3.05) is 0 Å². The predicted octanol–water partition coefficient (Wildman–Crippen LogP) is -0.945. The minimum atomic E-state index is -0.619. The van der Waals surface area contributed by atoms with Crippen molar-refractivity contribution in [2.24, 2.45) is 5.84 Å². The van der Waals surface area contributed by atoms with Crippen molar-refractivity contribution in [3.63, 3.8) is 0 Å². The van der Waals surface area contributed by atoms with E-state index in [1.54, 1.807) is 0 Å². The maximum absolute atomic E-state index is 11.4. The van der Waals surface area contributed by atoms with Gasteiger partial charge >= 0.3 is 0 Å². The normalized spacial score (nSPS) is 9.88. The largest absolute Gasteiger partial charge is 0.297 e. The van der Waals surface area contributed by atoms with E-state index in [0.29, 0.717) is 0 Å². The van der Waals surface area contributed by atoms with Gasteiger partial charge in [0, 0.05) is 12.1 Å². The first-order chi connectivity index (χ1) is 7.47. The second-order valence-corrected chi connectivity index (χ2v) is 3.05. The Morgan fingerprint density at radius 2 is 2.25 bits per heavy atom. The van der Waals surface area contributed by atoms with Gasteiger partial charge in [-0.15, -0.1) is 0 Å². The van der Waals surface area contributed by atoms with Gasteiger partial charge in [0.05, 0.1) is 10.6 Å². The van der Waals surface area contributed by atoms with Gasteiger partial charge in [-0.1, -0.05) is 0 Å². The summed E-state index contributed by atoms with van der Waals surface area (Å²) in [4.78, 5) is 32.4. The van der Waals surface area contributed by atoms with E-state index in [2.05, 4.69) is 0 Å². The van der Waals surface area contributed by atoms with Crippen LogP contribution in [0.2, 0.25) is 0 Å². The lowest BCUT2D eigenvalue weighted by Crippen LogP contribution is -2.36. The van der Waals surface area contributed by atoms with E-state index in [1.165, 1.54) is 6.92 Å². The Morgan fingerprint density at radius 1 is 1.62 bits per heavy atom. The standard InChI is InChI=1S/C8H10N4O4/c1-5-6(12(15)16)2-3-8(14)11(5)4-7(13)10-9/h2-3H,4,9H2,1H3,(H,10,13). The van der Waals surface area contributed by atoms with Gasteiger partial charge < -0.3 is 0 Å². The fraction of sp³-hybridized carbons (Fsp3) is 0.250. The lowest BCUT2D eigenvalue weighted by molar-refractivity contribution is -0.386. The average molecular weight is 226 g/mol. The Labute approximate surface area is 89.8 Å². The Balaban J connectivity index is 3.27. The number of pyridine rings is 1. The number of hydrogen-bond acceptors (Lipinski definition) is 5. The number of hydrazine groups is 1. The fourth-order valence-electron chi connectivity index (χ4n) is 1.24. The number of nitro groups is 1. The van der Waals surface area contributed by atoms with Crippen LogP contribution in [-0.4, -0.2) is 15.4 Å². The molecule has 0 spiro atoms. The fourth-order valence-corrected chi connectivity index (χ4v) is 1.24. The molecular weight excluding hydrogens is 216 g/mol. The number of amides is 1. The number of carbonyl (C=O) groups is 1. The highest BCUT2D eigenvalue weighted by Crippen LogP contribution is 2.14. The second-order valence-electron chi connectivity index (χ2n) is 3.05. The molecule has 3 N–H and O–H groups in total. The third-order valence-electron chi connectivity index (χ3n) is 2.08. The average Bonchev–Trinajstić information content (AvgIpc) is 2.23. The summed E-state index contributed by atoms with van der Waals surface area (Å²) in [6.45, 7) is 1.05. The van der Waals surface area contributed by atoms with Crippen LogP contribution in [0, 0.1) is 17.0 Å². The molecule has 1 heterocycles. The van der Waals surface area contributed by atoms with Crippen molar-refractivity contribution in [2.45, 2.75) is 13.5 Å². The van der Waals surface area contributed by atoms with Crippen molar-refractivity contribution >= 4 is 11.6 Å². The molecule has 0 aliphatic carbocycles. The molecule has 86 valence electrons. The monoisotopic (exact) mass is 226 g/mol. The lowest BCUT2D eigenvalue weighted by Gasteiger charge is -2.08. The van der Waals surface area contributed by atoms with Crippen LogP contribution in [0.15, 0.2) is 16.9 Å². The topological polar surface area (TPSA) is 120 Å². The highest BCUT2D eigenvalue weighted by molar-refractivity contribution is 5.75. The Kier molecular flexibility index (Phi) is 3.36. The minimum absolute atomic E-state index is 0.112. The first-order valence-electron chi connectivity index (χ1n) is 4.31. The third kappa shape index (κ3) is 2.23. The first-order valence-corrected chi connectivity index (χ1v) is 4.31. The van der Waals surface area contributed by atoms with Crippen molar-refractivity contribution in [3.8, 4) is 0 Å². The molecule has 0 unspecified atom stereocenters. The summed E-state index contributed by atoms with van der Waals surface area (Å²) < 4.78 is 0.986. The van der Waals surface area contributed by atoms with Crippen molar-refractivity contribution in [3.05, 3.63) is 38.3 Å². The SMILES string of the molecule is Cc1c([N+](=O)[O-])ccc(=O)n1CC(=O)NN. The van der Waals surface area contributed by atoms with E-state index in [9.17, 15) is 19.7 Å². The lowest BCUT2D eigenvalue weighted by atomic mass is 10.3. The second kappa shape index (κ2) is 4.53. The molecule has 1 rings (SSSR count). The van der Waals surface area contributed by atoms with Gasteiger partial charge in [-0.2, -0.15) is 0 Å². The molecule has 8 heteroatoms. The molecule has 0 aliphatic rings. The molecule has 0 fully saturated rings. The van der Waals surface area contributed by atoms with E-state index < -0.39 is 16.4 Å². The summed E-state index contributed by atoms with van der Waals surface area (Å²) in [7, 11) is 0. The van der Waals surface area contributed by atoms with Gasteiger partial charge in [-0.3, -0.25) is 29.7 Å². The summed E-state index contributed by atoms with van der Waals surface area (Å²) in [6, 6.07) is 2.14. The molecule has 1 amide bonds. The Bertz CT molecular complexity index is 493. The number of aromatic nitrogens is 1. The van der Waals surface area contributed by atoms with E-state index >= 15 is 0 Å². The van der Waals surface area contributed by atoms with Crippen LogP contribution in [0.5, 0.6) is 0 Å². The first kappa shape index (κ1) is 11.9. The molecule has 1 aromatic heterocycles. The van der Waals surface area contributed by atoms with Crippen LogP contribution in [0.4, 0.5) is 5.69 Å². The van der Waals surface area contributed by atoms with Crippen LogP contribution in [-0.2, 0) is 11.3 Å². The van der Waals surface area contributed by atoms with Crippen LogP contribution in [0.3, 0.4) is 0 Å². The highest BCUT2D eigenvalue weighted by Gasteiger charge is 2.16. The summed E-state index contributed by atoms with van der Waals surface area (Å²) >= 11 is 0. The molecule has 0 radical (unpaired) electrons. The zero-order chi connectivity index (χ0) is 12.3. The van der Waals surface area contributed by atoms with Crippen molar-refractivity contribution < 1.29 is 9.72 Å². The molecule has 0 bridgehead atoms. The molecule has 0 saturated heterocycles. The summed E-state index contributed by atoms with van der Waals surface area (Å²) in [5.74, 6) is 4.26. The van der Waals surface area contributed by atoms with Crippen LogP contribution in [0.1, 0.15) is 5.69 Å². The van der Waals surface area contributed by atoms with E-state index in [4.69, 9.17) is 5.84 Å². The maximum Gasteiger partial charge on any atom is 0.288 e. The maximum atomic E-state index is 11.4. The number of rotatable bonds is 3. The number of nitrogens with one attached hydrogen (secondary N) is 1. The van der Waals surface area contributed by atoms with Crippen molar-refractivity contribution in [1.82, 2.24) is 9.99 Å². The molecule has 0 saturated carbocycles. The predicted molar refractivity (Wildman–Crippen MR) is 54.4 cm³/mol. The molecule has 1 aromatic rings. The Hall–Kier alpha value is -2.22. The molecule has 0 aromatic carbocycles. The van der Waals surface area contributed by atoms with Crippen LogP contribution >= 0.6 is 0 Å². The van der Waals surface area contributed by atoms with Crippen LogP contribution in [0.25, 0.3) is 0 Å². The van der Waals surface area contributed by atoms with Crippen LogP contribution < -0.4 is 16.8 Å². The number of nitrogens with two attached hydrogens (primary N) is 1. The molecular formula is C8H10N4O4. The highest BCUT2D eigenvalue weighted by atomic mass is 16.6. The van der Waals surface area contributed by atoms with Crippen molar-refractivity contribution in [1.29, 1.82) is 0 Å². The number of nitrogens with zero attached hydrogens (tertiary/aromatic N) is 2. The molecule has 0 aliphatic heterocycles. The third-order valence-corrected chi connectivity index (χ3v) is 2.08. The number of carbonyl (C=O) groups excluding carboxylic acids is 1. The van der Waals surface area contributed by atoms with Gasteiger partial charge in [-0.05, 0) is 6.92 Å². The van der Waals surface area contributed by atoms with Gasteiger partial charge in [0.25, 0.3) is 17.2 Å². The quantitative estimate of drug-likeness (QED) is 0.298. The van der Waals surface area contributed by atoms with Gasteiger partial charge in [-0.25, -0.2) is 5.84 Å². The molecule has 8 nitrogen and oxygen atoms in total. The van der Waals surface area contributed by atoms with E-state index in [0.717, 1.165) is 16.7 Å². The van der Waals surface area contributed by atoms with Gasteiger partial charge in [0.15, 0.2) is 0 Å². The number of hydrogen-bond donors (Lipinski definition) is 2. The summed E-state index contributed by atoms with van der Waals surface area (Å²) in [5.41, 5.74) is 1.25. The smallest absolute Gasteiger partial charge is 0.288 e. The minimum Gasteiger partial charge on any atom is -0.297 e. The summed E-state index contributed by atoms with van der Waals surface area (Å²) in [6.07, 6.45) is 0. The molecule has 16 heavy (non-hydrogen) atoms. The zero-order valence-electron chi connectivity index (χ0n) is 8.47. The Morgan fingerprint density at radius 3 is 2.75 bits per heavy atom. The van der Waals surface area contributed by atoms with E-state index in [-0.39, 0.29) is 17.9 Å². The van der Waals surface area contributed by atoms with Gasteiger partial charge in [0.2, 0.25) is 0 Å². The summed E-state index contributed by atoms with van der Waals surface area (Å²) in [5, 5.41) is 10.6. The van der Waals surface area contributed by atoms with E-state index in [1.807, 2.05) is 5.43 Å². The zero-order valence-corrected chi connectivity index (χ0v) is 8.47. The molecule has 0 atom stereocenters.